The summed E-state index contributed by atoms with van der Waals surface area (Å²) in [5.41, 5.74) is 3.99. The molecule has 1 aliphatic carbocycles. The fraction of sp³-hybridized carbons (Fsp3) is 0.250. The number of anilines is 1. The molecule has 2 aromatic rings. The van der Waals surface area contributed by atoms with E-state index in [2.05, 4.69) is 66.8 Å². The summed E-state index contributed by atoms with van der Waals surface area (Å²) in [5, 5.41) is 6.08. The summed E-state index contributed by atoms with van der Waals surface area (Å²) < 4.78 is 0. The van der Waals surface area contributed by atoms with Crippen molar-refractivity contribution in [1.29, 1.82) is 0 Å². The Hall–Kier alpha value is -1.80. The van der Waals surface area contributed by atoms with Gasteiger partial charge in [-0.2, -0.15) is 0 Å². The molecule has 18 heavy (non-hydrogen) atoms. The Morgan fingerprint density at radius 3 is 2.67 bits per heavy atom. The van der Waals surface area contributed by atoms with Crippen molar-refractivity contribution < 1.29 is 0 Å². The number of rotatable bonds is 2. The van der Waals surface area contributed by atoms with E-state index in [1.54, 1.807) is 0 Å². The van der Waals surface area contributed by atoms with Crippen molar-refractivity contribution in [3.8, 4) is 0 Å². The van der Waals surface area contributed by atoms with E-state index < -0.39 is 0 Å². The predicted molar refractivity (Wildman–Crippen MR) is 79.1 cm³/mol. The Morgan fingerprint density at radius 1 is 1.11 bits per heavy atom. The molecule has 2 aromatic carbocycles. The number of nitrogens with one attached hydrogen (secondary N) is 1. The van der Waals surface area contributed by atoms with Crippen LogP contribution in [-0.2, 0) is 0 Å². The van der Waals surface area contributed by atoms with Gasteiger partial charge in [-0.1, -0.05) is 36.4 Å². The topological polar surface area (TPSA) is 15.3 Å². The van der Waals surface area contributed by atoms with Crippen molar-refractivity contribution >= 4 is 22.5 Å². The van der Waals surface area contributed by atoms with Crippen molar-refractivity contribution in [3.05, 3.63) is 47.5 Å². The Kier molecular flexibility index (Phi) is 2.60. The van der Waals surface area contributed by atoms with Gasteiger partial charge in [-0.25, -0.2) is 0 Å². The average Bonchev–Trinajstić information content (AvgIpc) is 2.39. The quantitative estimate of drug-likeness (QED) is 0.864. The van der Waals surface area contributed by atoms with Crippen LogP contribution >= 0.6 is 0 Å². The number of nitrogens with zero attached hydrogens (tertiary/aromatic N) is 1. The Balaban J connectivity index is 2.41. The molecule has 1 aliphatic rings. The van der Waals surface area contributed by atoms with Gasteiger partial charge in [0, 0.05) is 25.3 Å². The molecule has 0 bridgehead atoms. The first-order valence-corrected chi connectivity index (χ1v) is 6.31. The van der Waals surface area contributed by atoms with Crippen molar-refractivity contribution in [2.24, 2.45) is 0 Å². The summed E-state index contributed by atoms with van der Waals surface area (Å²) in [6.07, 6.45) is 4.46. The second kappa shape index (κ2) is 4.14. The lowest BCUT2D eigenvalue weighted by molar-refractivity contribution is 0.718. The molecule has 0 radical (unpaired) electrons. The molecule has 0 fully saturated rings. The maximum Gasteiger partial charge on any atom is 0.0534 e. The first-order valence-electron chi connectivity index (χ1n) is 6.31. The van der Waals surface area contributed by atoms with Crippen LogP contribution in [0.4, 0.5) is 5.69 Å². The van der Waals surface area contributed by atoms with E-state index in [9.17, 15) is 0 Å². The van der Waals surface area contributed by atoms with Crippen LogP contribution in [0.15, 0.2) is 36.4 Å². The summed E-state index contributed by atoms with van der Waals surface area (Å²) in [6.45, 7) is 0. The second-order valence-corrected chi connectivity index (χ2v) is 4.96. The van der Waals surface area contributed by atoms with Gasteiger partial charge < -0.3 is 10.2 Å². The van der Waals surface area contributed by atoms with E-state index in [-0.39, 0.29) is 0 Å². The van der Waals surface area contributed by atoms with Crippen molar-refractivity contribution in [2.45, 2.75) is 6.04 Å². The molecule has 0 amide bonds. The van der Waals surface area contributed by atoms with Crippen molar-refractivity contribution in [2.75, 3.05) is 26.0 Å². The highest BCUT2D eigenvalue weighted by Crippen LogP contribution is 2.39. The van der Waals surface area contributed by atoms with Crippen LogP contribution in [0.2, 0.25) is 0 Å². The molecule has 3 rings (SSSR count). The number of likely N-dealkylation sites (N-methyl/N-ethyl adjacent to an activating group) is 1. The highest BCUT2D eigenvalue weighted by atomic mass is 15.1. The Bertz CT molecular complexity index is 626. The minimum Gasteiger partial charge on any atom is -0.377 e. The molecule has 2 heteroatoms. The van der Waals surface area contributed by atoms with Crippen LogP contribution in [0, 0.1) is 0 Å². The van der Waals surface area contributed by atoms with E-state index in [0.717, 1.165) is 0 Å². The SMILES string of the molecule is CNC1C=Cc2cccc3ccc(N(C)C)c1c23. The van der Waals surface area contributed by atoms with E-state index in [1.165, 1.54) is 27.6 Å². The van der Waals surface area contributed by atoms with Gasteiger partial charge in [0.2, 0.25) is 0 Å². The minimum atomic E-state index is 0.293. The van der Waals surface area contributed by atoms with E-state index in [1.807, 2.05) is 7.05 Å². The van der Waals surface area contributed by atoms with Crippen LogP contribution in [0.25, 0.3) is 16.8 Å². The maximum atomic E-state index is 3.39. The zero-order chi connectivity index (χ0) is 12.7. The molecule has 0 spiro atoms. The third-order valence-corrected chi connectivity index (χ3v) is 3.67. The van der Waals surface area contributed by atoms with Crippen LogP contribution in [0.1, 0.15) is 17.2 Å². The van der Waals surface area contributed by atoms with E-state index in [0.29, 0.717) is 6.04 Å². The summed E-state index contributed by atoms with van der Waals surface area (Å²) in [6, 6.07) is 11.2. The highest BCUT2D eigenvalue weighted by Gasteiger charge is 2.20. The lowest BCUT2D eigenvalue weighted by Gasteiger charge is -2.27. The van der Waals surface area contributed by atoms with Gasteiger partial charge in [0.25, 0.3) is 0 Å². The van der Waals surface area contributed by atoms with Gasteiger partial charge in [-0.05, 0) is 29.4 Å². The lowest BCUT2D eigenvalue weighted by Crippen LogP contribution is -2.21. The molecular formula is C16H18N2. The van der Waals surface area contributed by atoms with Crippen molar-refractivity contribution in [1.82, 2.24) is 5.32 Å². The molecule has 0 saturated carbocycles. The zero-order valence-electron chi connectivity index (χ0n) is 11.1. The monoisotopic (exact) mass is 238 g/mol. The molecule has 0 aromatic heterocycles. The fourth-order valence-corrected chi connectivity index (χ4v) is 2.81. The summed E-state index contributed by atoms with van der Waals surface area (Å²) in [4.78, 5) is 2.19. The van der Waals surface area contributed by atoms with Crippen LogP contribution in [-0.4, -0.2) is 21.1 Å². The lowest BCUT2D eigenvalue weighted by atomic mass is 9.88. The molecule has 1 N–H and O–H groups in total. The Morgan fingerprint density at radius 2 is 1.94 bits per heavy atom. The zero-order valence-corrected chi connectivity index (χ0v) is 11.1. The molecular weight excluding hydrogens is 220 g/mol. The van der Waals surface area contributed by atoms with E-state index >= 15 is 0 Å². The molecule has 0 saturated heterocycles. The van der Waals surface area contributed by atoms with Crippen LogP contribution in [0.5, 0.6) is 0 Å². The summed E-state index contributed by atoms with van der Waals surface area (Å²) in [5.74, 6) is 0. The number of benzene rings is 2. The van der Waals surface area contributed by atoms with Gasteiger partial charge >= 0.3 is 0 Å². The van der Waals surface area contributed by atoms with Crippen LogP contribution < -0.4 is 10.2 Å². The van der Waals surface area contributed by atoms with Crippen molar-refractivity contribution in [3.63, 3.8) is 0 Å². The largest absolute Gasteiger partial charge is 0.377 e. The molecule has 0 aliphatic heterocycles. The second-order valence-electron chi connectivity index (χ2n) is 4.96. The van der Waals surface area contributed by atoms with Gasteiger partial charge in [0.1, 0.15) is 0 Å². The third-order valence-electron chi connectivity index (χ3n) is 3.67. The maximum absolute atomic E-state index is 3.39. The first kappa shape index (κ1) is 11.3. The predicted octanol–water partition coefficient (Wildman–Crippen LogP) is 3.19. The van der Waals surface area contributed by atoms with E-state index in [4.69, 9.17) is 0 Å². The molecule has 2 nitrogen and oxygen atoms in total. The third kappa shape index (κ3) is 1.53. The standard InChI is InChI=1S/C16H18N2/c1-17-13-9-7-11-5-4-6-12-8-10-14(18(2)3)16(13)15(11)12/h4-10,13,17H,1-3H3. The summed E-state index contributed by atoms with van der Waals surface area (Å²) in [7, 11) is 6.22. The fourth-order valence-electron chi connectivity index (χ4n) is 2.81. The smallest absolute Gasteiger partial charge is 0.0534 e. The molecule has 1 atom stereocenters. The molecule has 92 valence electrons. The first-order chi connectivity index (χ1) is 8.72. The number of hydrogen-bond acceptors (Lipinski definition) is 2. The summed E-state index contributed by atoms with van der Waals surface area (Å²) >= 11 is 0. The van der Waals surface area contributed by atoms with Gasteiger partial charge in [0.05, 0.1) is 6.04 Å². The molecule has 0 heterocycles. The average molecular weight is 238 g/mol. The molecule has 1 unspecified atom stereocenters. The van der Waals surface area contributed by atoms with Gasteiger partial charge in [-0.3, -0.25) is 0 Å². The van der Waals surface area contributed by atoms with Gasteiger partial charge in [0.15, 0.2) is 0 Å². The Labute approximate surface area is 108 Å². The van der Waals surface area contributed by atoms with Crippen LogP contribution in [0.3, 0.4) is 0 Å². The number of hydrogen-bond donors (Lipinski definition) is 1. The minimum absolute atomic E-state index is 0.293. The normalized spacial score (nSPS) is 17.2. The van der Waals surface area contributed by atoms with Gasteiger partial charge in [-0.15, -0.1) is 0 Å². The highest BCUT2D eigenvalue weighted by molar-refractivity contribution is 5.99.